The fraction of sp³-hybridized carbons (Fsp3) is 0.348. The first-order valence-electron chi connectivity index (χ1n) is 10.1. The van der Waals surface area contributed by atoms with E-state index in [1.54, 1.807) is 17.7 Å². The van der Waals surface area contributed by atoms with Crippen LogP contribution in [-0.4, -0.2) is 20.6 Å². The zero-order valence-corrected chi connectivity index (χ0v) is 17.8. The molecule has 4 heterocycles. The summed E-state index contributed by atoms with van der Waals surface area (Å²) in [5.41, 5.74) is 5.78. The number of ether oxygens (including phenoxy) is 1. The summed E-state index contributed by atoms with van der Waals surface area (Å²) in [7, 11) is 0. The lowest BCUT2D eigenvalue weighted by atomic mass is 9.89. The van der Waals surface area contributed by atoms with Gasteiger partial charge < -0.3 is 10.1 Å². The minimum atomic E-state index is -0.179. The largest absolute Gasteiger partial charge is 0.370 e. The van der Waals surface area contributed by atoms with Gasteiger partial charge in [0, 0.05) is 29.6 Å². The summed E-state index contributed by atoms with van der Waals surface area (Å²) >= 11 is 1.69. The summed E-state index contributed by atoms with van der Waals surface area (Å²) in [5, 5.41) is 4.68. The highest BCUT2D eigenvalue weighted by Gasteiger charge is 2.31. The average Bonchev–Trinajstić information content (AvgIpc) is 3.11. The van der Waals surface area contributed by atoms with Crippen LogP contribution in [0, 0.1) is 0 Å². The van der Waals surface area contributed by atoms with Crippen LogP contribution >= 0.6 is 11.3 Å². The van der Waals surface area contributed by atoms with Gasteiger partial charge in [0.2, 0.25) is 0 Å². The van der Waals surface area contributed by atoms with Gasteiger partial charge in [-0.25, -0.2) is 15.0 Å². The SMILES string of the molecule is CCc1nc2sc3c(NCc4ccccc4)ncnc3c2c2c1COC(C)(C)C2. The van der Waals surface area contributed by atoms with E-state index < -0.39 is 0 Å². The maximum Gasteiger partial charge on any atom is 0.147 e. The number of aryl methyl sites for hydroxylation is 1. The van der Waals surface area contributed by atoms with Crippen molar-refractivity contribution in [2.45, 2.75) is 52.4 Å². The summed E-state index contributed by atoms with van der Waals surface area (Å²) in [6.07, 6.45) is 3.44. The third-order valence-electron chi connectivity index (χ3n) is 5.55. The van der Waals surface area contributed by atoms with Crippen molar-refractivity contribution < 1.29 is 4.74 Å². The first kappa shape index (κ1) is 18.5. The molecule has 0 fully saturated rings. The van der Waals surface area contributed by atoms with Crippen molar-refractivity contribution in [3.63, 3.8) is 0 Å². The van der Waals surface area contributed by atoms with Crippen LogP contribution in [0.2, 0.25) is 0 Å². The summed E-state index contributed by atoms with van der Waals surface area (Å²) in [6.45, 7) is 7.83. The second-order valence-electron chi connectivity index (χ2n) is 8.12. The molecule has 29 heavy (non-hydrogen) atoms. The molecule has 1 N–H and O–H groups in total. The number of aromatic nitrogens is 3. The highest BCUT2D eigenvalue weighted by atomic mass is 32.1. The van der Waals surface area contributed by atoms with E-state index in [2.05, 4.69) is 60.3 Å². The van der Waals surface area contributed by atoms with Crippen molar-refractivity contribution in [2.75, 3.05) is 5.32 Å². The van der Waals surface area contributed by atoms with Crippen molar-refractivity contribution in [1.29, 1.82) is 0 Å². The Bertz CT molecular complexity index is 1200. The van der Waals surface area contributed by atoms with Crippen molar-refractivity contribution in [3.8, 4) is 0 Å². The van der Waals surface area contributed by atoms with Crippen LogP contribution in [0.4, 0.5) is 5.82 Å². The van der Waals surface area contributed by atoms with E-state index in [4.69, 9.17) is 9.72 Å². The Morgan fingerprint density at radius 1 is 1.14 bits per heavy atom. The number of benzene rings is 1. The number of nitrogens with one attached hydrogen (secondary N) is 1. The molecule has 5 nitrogen and oxygen atoms in total. The molecule has 0 radical (unpaired) electrons. The fourth-order valence-electron chi connectivity index (χ4n) is 4.07. The number of thiophene rings is 1. The molecule has 0 saturated heterocycles. The molecule has 0 unspecified atom stereocenters. The van der Waals surface area contributed by atoms with E-state index in [0.29, 0.717) is 6.61 Å². The number of rotatable bonds is 4. The van der Waals surface area contributed by atoms with Crippen LogP contribution in [-0.2, 0) is 30.7 Å². The Balaban J connectivity index is 1.66. The fourth-order valence-corrected chi connectivity index (χ4v) is 5.22. The van der Waals surface area contributed by atoms with Crippen molar-refractivity contribution in [3.05, 3.63) is 59.0 Å². The van der Waals surface area contributed by atoms with E-state index >= 15 is 0 Å². The van der Waals surface area contributed by atoms with Gasteiger partial charge in [-0.15, -0.1) is 11.3 Å². The van der Waals surface area contributed by atoms with Gasteiger partial charge in [-0.3, -0.25) is 0 Å². The Labute approximate surface area is 174 Å². The molecule has 0 saturated carbocycles. The molecule has 4 aromatic rings. The second-order valence-corrected chi connectivity index (χ2v) is 9.11. The third-order valence-corrected chi connectivity index (χ3v) is 6.63. The molecule has 0 aliphatic carbocycles. The van der Waals surface area contributed by atoms with E-state index in [0.717, 1.165) is 45.9 Å². The zero-order valence-electron chi connectivity index (χ0n) is 17.0. The molecule has 6 heteroatoms. The van der Waals surface area contributed by atoms with Gasteiger partial charge in [-0.1, -0.05) is 37.3 Å². The molecular formula is C23H24N4OS. The van der Waals surface area contributed by atoms with Crippen molar-refractivity contribution in [2.24, 2.45) is 0 Å². The van der Waals surface area contributed by atoms with Crippen LogP contribution in [0.15, 0.2) is 36.7 Å². The maximum absolute atomic E-state index is 6.10. The van der Waals surface area contributed by atoms with Gasteiger partial charge in [0.25, 0.3) is 0 Å². The number of pyridine rings is 1. The van der Waals surface area contributed by atoms with Crippen molar-refractivity contribution in [1.82, 2.24) is 15.0 Å². The van der Waals surface area contributed by atoms with Gasteiger partial charge in [0.15, 0.2) is 0 Å². The smallest absolute Gasteiger partial charge is 0.147 e. The average molecular weight is 405 g/mol. The predicted octanol–water partition coefficient (Wildman–Crippen LogP) is 5.27. The van der Waals surface area contributed by atoms with Gasteiger partial charge in [-0.05, 0) is 31.4 Å². The normalized spacial score (nSPS) is 15.6. The molecular weight excluding hydrogens is 380 g/mol. The number of anilines is 1. The third kappa shape index (κ3) is 3.26. The van der Waals surface area contributed by atoms with E-state index in [1.165, 1.54) is 22.1 Å². The Kier molecular flexibility index (Phi) is 4.48. The van der Waals surface area contributed by atoms with Crippen LogP contribution in [0.25, 0.3) is 20.4 Å². The molecule has 0 spiro atoms. The lowest BCUT2D eigenvalue weighted by Crippen LogP contribution is -2.32. The molecule has 0 amide bonds. The summed E-state index contributed by atoms with van der Waals surface area (Å²) in [4.78, 5) is 15.3. The molecule has 1 aliphatic heterocycles. The summed E-state index contributed by atoms with van der Waals surface area (Å²) in [6, 6.07) is 10.4. The minimum Gasteiger partial charge on any atom is -0.370 e. The minimum absolute atomic E-state index is 0.179. The standard InChI is InChI=1S/C23H24N4OS/c1-4-17-16-12-28-23(2,3)10-15(16)18-19-20(29-22(18)27-17)21(26-13-25-19)24-11-14-8-6-5-7-9-14/h5-9,13H,4,10-12H2,1-3H3,(H,24,25,26). The highest BCUT2D eigenvalue weighted by molar-refractivity contribution is 7.26. The van der Waals surface area contributed by atoms with Gasteiger partial charge in [-0.2, -0.15) is 0 Å². The molecule has 0 bridgehead atoms. The Morgan fingerprint density at radius 2 is 1.97 bits per heavy atom. The first-order chi connectivity index (χ1) is 14.1. The van der Waals surface area contributed by atoms with E-state index in [9.17, 15) is 0 Å². The Morgan fingerprint density at radius 3 is 2.76 bits per heavy atom. The Hall–Kier alpha value is -2.57. The number of hydrogen-bond donors (Lipinski definition) is 1. The monoisotopic (exact) mass is 404 g/mol. The predicted molar refractivity (Wildman–Crippen MR) is 118 cm³/mol. The molecule has 1 aliphatic rings. The highest BCUT2D eigenvalue weighted by Crippen LogP contribution is 2.42. The van der Waals surface area contributed by atoms with Crippen molar-refractivity contribution >= 4 is 37.6 Å². The molecule has 148 valence electrons. The molecule has 5 rings (SSSR count). The number of nitrogens with zero attached hydrogens (tertiary/aromatic N) is 3. The first-order valence-corrected chi connectivity index (χ1v) is 10.9. The van der Waals surface area contributed by atoms with Gasteiger partial charge in [0.05, 0.1) is 22.4 Å². The van der Waals surface area contributed by atoms with E-state index in [1.807, 2.05) is 6.07 Å². The summed E-state index contributed by atoms with van der Waals surface area (Å²) in [5.74, 6) is 0.875. The van der Waals surface area contributed by atoms with Crippen LogP contribution in [0.3, 0.4) is 0 Å². The quantitative estimate of drug-likeness (QED) is 0.502. The zero-order chi connectivity index (χ0) is 20.0. The van der Waals surface area contributed by atoms with E-state index in [-0.39, 0.29) is 5.60 Å². The molecule has 1 aromatic carbocycles. The summed E-state index contributed by atoms with van der Waals surface area (Å²) < 4.78 is 7.18. The topological polar surface area (TPSA) is 59.9 Å². The maximum atomic E-state index is 6.10. The number of fused-ring (bicyclic) bond motifs is 5. The lowest BCUT2D eigenvalue weighted by molar-refractivity contribution is -0.0401. The van der Waals surface area contributed by atoms with Crippen LogP contribution < -0.4 is 5.32 Å². The van der Waals surface area contributed by atoms with Gasteiger partial charge in [0.1, 0.15) is 17.0 Å². The van der Waals surface area contributed by atoms with Crippen LogP contribution in [0.1, 0.15) is 43.2 Å². The molecule has 3 aromatic heterocycles. The van der Waals surface area contributed by atoms with Crippen LogP contribution in [0.5, 0.6) is 0 Å². The second kappa shape index (κ2) is 7.04. The molecule has 0 atom stereocenters. The van der Waals surface area contributed by atoms with Gasteiger partial charge >= 0.3 is 0 Å². The lowest BCUT2D eigenvalue weighted by Gasteiger charge is -2.33. The number of hydrogen-bond acceptors (Lipinski definition) is 6.